The number of piperazine rings is 1. The van der Waals surface area contributed by atoms with Gasteiger partial charge in [0.1, 0.15) is 7.05 Å². The quantitative estimate of drug-likeness (QED) is 0.430. The molecule has 4 nitrogen and oxygen atoms in total. The van der Waals surface area contributed by atoms with E-state index in [0.29, 0.717) is 21.2 Å². The molecule has 1 aliphatic heterocycles. The van der Waals surface area contributed by atoms with Gasteiger partial charge in [-0.3, -0.25) is 9.69 Å². The predicted molar refractivity (Wildman–Crippen MR) is 112 cm³/mol. The lowest BCUT2D eigenvalue weighted by Crippen LogP contribution is -2.45. The lowest BCUT2D eigenvalue weighted by atomic mass is 10.0. The van der Waals surface area contributed by atoms with Crippen molar-refractivity contribution in [2.75, 3.05) is 46.8 Å². The number of benzene rings is 2. The lowest BCUT2D eigenvalue weighted by molar-refractivity contribution is -0.401. The van der Waals surface area contributed by atoms with Crippen molar-refractivity contribution < 1.29 is 9.37 Å². The van der Waals surface area contributed by atoms with Gasteiger partial charge in [-0.1, -0.05) is 35.3 Å². The fourth-order valence-electron chi connectivity index (χ4n) is 3.16. The van der Waals surface area contributed by atoms with Crippen LogP contribution in [0.1, 0.15) is 15.9 Å². The standard InChI is InChI=1S/C21H24Cl2N3O/c1-24-9-12-26(13-10-24)14-11-25(2)20-6-4-3-5-18(20)21(27)17-8-7-16(22)15-19(17)23/h3-8,11,15H,9-10,12-14H2,1-2H3/q+1. The molecule has 27 heavy (non-hydrogen) atoms. The van der Waals surface area contributed by atoms with E-state index in [2.05, 4.69) is 23.1 Å². The SMILES string of the molecule is CN1CCN(CC=[N+](C)c2ccccc2C(=O)c2ccc(Cl)cc2Cl)CC1. The Morgan fingerprint density at radius 1 is 1.07 bits per heavy atom. The summed E-state index contributed by atoms with van der Waals surface area (Å²) in [7, 11) is 4.13. The molecule has 2 aromatic carbocycles. The van der Waals surface area contributed by atoms with E-state index in [0.717, 1.165) is 38.4 Å². The molecule has 0 unspecified atom stereocenters. The van der Waals surface area contributed by atoms with Crippen LogP contribution in [0.15, 0.2) is 42.5 Å². The molecule has 0 radical (unpaired) electrons. The van der Waals surface area contributed by atoms with Gasteiger partial charge in [-0.2, -0.15) is 0 Å². The monoisotopic (exact) mass is 404 g/mol. The van der Waals surface area contributed by atoms with Crippen LogP contribution in [0.25, 0.3) is 0 Å². The van der Waals surface area contributed by atoms with Crippen LogP contribution < -0.4 is 0 Å². The van der Waals surface area contributed by atoms with Crippen molar-refractivity contribution >= 4 is 40.9 Å². The second-order valence-electron chi connectivity index (χ2n) is 6.87. The summed E-state index contributed by atoms with van der Waals surface area (Å²) in [6.45, 7) is 5.14. The fraction of sp³-hybridized carbons (Fsp3) is 0.333. The van der Waals surface area contributed by atoms with Crippen LogP contribution in [0.5, 0.6) is 0 Å². The lowest BCUT2D eigenvalue weighted by Gasteiger charge is -2.30. The van der Waals surface area contributed by atoms with E-state index in [9.17, 15) is 4.79 Å². The van der Waals surface area contributed by atoms with Gasteiger partial charge in [0.15, 0.2) is 6.21 Å². The summed E-state index contributed by atoms with van der Waals surface area (Å²) >= 11 is 12.2. The Labute approximate surface area is 170 Å². The molecule has 0 bridgehead atoms. The molecular weight excluding hydrogens is 381 g/mol. The highest BCUT2D eigenvalue weighted by Crippen LogP contribution is 2.27. The molecule has 6 heteroatoms. The van der Waals surface area contributed by atoms with Gasteiger partial charge in [0.05, 0.1) is 17.1 Å². The summed E-state index contributed by atoms with van der Waals surface area (Å²) in [6.07, 6.45) is 2.13. The number of rotatable bonds is 5. The third-order valence-corrected chi connectivity index (χ3v) is 5.46. The molecule has 0 aliphatic carbocycles. The van der Waals surface area contributed by atoms with Crippen molar-refractivity contribution in [3.05, 3.63) is 63.6 Å². The van der Waals surface area contributed by atoms with Gasteiger partial charge in [0, 0.05) is 42.8 Å². The Morgan fingerprint density at radius 2 is 1.78 bits per heavy atom. The molecule has 0 aromatic heterocycles. The first-order valence-corrected chi connectivity index (χ1v) is 9.77. The molecule has 0 saturated carbocycles. The highest BCUT2D eigenvalue weighted by molar-refractivity contribution is 6.37. The Bertz CT molecular complexity index is 858. The number of carbonyl (C=O) groups excluding carboxylic acids is 1. The van der Waals surface area contributed by atoms with Crippen LogP contribution in [0, 0.1) is 0 Å². The molecule has 0 N–H and O–H groups in total. The molecule has 1 heterocycles. The van der Waals surface area contributed by atoms with Crippen LogP contribution in [-0.2, 0) is 0 Å². The van der Waals surface area contributed by atoms with Gasteiger partial charge in [0.25, 0.3) is 0 Å². The van der Waals surface area contributed by atoms with E-state index < -0.39 is 0 Å². The molecule has 1 fully saturated rings. The third-order valence-electron chi connectivity index (χ3n) is 4.91. The molecule has 1 aliphatic rings. The van der Waals surface area contributed by atoms with E-state index in [1.807, 2.05) is 35.9 Å². The van der Waals surface area contributed by atoms with E-state index in [-0.39, 0.29) is 5.78 Å². The van der Waals surface area contributed by atoms with Crippen LogP contribution in [0.2, 0.25) is 10.0 Å². The smallest absolute Gasteiger partial charge is 0.216 e. The van der Waals surface area contributed by atoms with Crippen molar-refractivity contribution in [2.45, 2.75) is 0 Å². The van der Waals surface area contributed by atoms with Crippen LogP contribution >= 0.6 is 23.2 Å². The average Bonchev–Trinajstić information content (AvgIpc) is 2.67. The zero-order valence-electron chi connectivity index (χ0n) is 15.7. The van der Waals surface area contributed by atoms with E-state index in [1.54, 1.807) is 18.2 Å². The zero-order chi connectivity index (χ0) is 19.4. The summed E-state index contributed by atoms with van der Waals surface area (Å²) in [5.41, 5.74) is 1.95. The maximum Gasteiger partial charge on any atom is 0.216 e. The fourth-order valence-corrected chi connectivity index (χ4v) is 3.65. The number of likely N-dealkylation sites (N-methyl/N-ethyl adjacent to an activating group) is 1. The summed E-state index contributed by atoms with van der Waals surface area (Å²) in [5.74, 6) is -0.105. The third kappa shape index (κ3) is 4.96. The van der Waals surface area contributed by atoms with Crippen LogP contribution in [-0.4, -0.2) is 73.2 Å². The Hall–Kier alpha value is -1.72. The van der Waals surface area contributed by atoms with Crippen molar-refractivity contribution in [2.24, 2.45) is 0 Å². The maximum atomic E-state index is 13.1. The zero-order valence-corrected chi connectivity index (χ0v) is 17.2. The summed E-state index contributed by atoms with van der Waals surface area (Å²) in [6, 6.07) is 12.6. The predicted octanol–water partition coefficient (Wildman–Crippen LogP) is 3.82. The Morgan fingerprint density at radius 3 is 2.48 bits per heavy atom. The highest BCUT2D eigenvalue weighted by Gasteiger charge is 2.21. The molecule has 1 saturated heterocycles. The van der Waals surface area contributed by atoms with Crippen molar-refractivity contribution in [1.82, 2.24) is 9.80 Å². The number of halogens is 2. The average molecular weight is 405 g/mol. The first-order valence-electron chi connectivity index (χ1n) is 9.01. The molecular formula is C21H24Cl2N3O+. The van der Waals surface area contributed by atoms with Gasteiger partial charge in [-0.05, 0) is 31.3 Å². The van der Waals surface area contributed by atoms with Gasteiger partial charge < -0.3 is 4.90 Å². The van der Waals surface area contributed by atoms with E-state index >= 15 is 0 Å². The Kier molecular flexibility index (Phi) is 6.66. The second kappa shape index (κ2) is 8.98. The van der Waals surface area contributed by atoms with Gasteiger partial charge in [-0.15, -0.1) is 0 Å². The Balaban J connectivity index is 1.82. The maximum absolute atomic E-state index is 13.1. The molecule has 0 atom stereocenters. The van der Waals surface area contributed by atoms with Crippen LogP contribution in [0.3, 0.4) is 0 Å². The number of para-hydroxylation sites is 1. The minimum atomic E-state index is -0.105. The normalized spacial score (nSPS) is 16.5. The minimum absolute atomic E-state index is 0.105. The molecule has 0 amide bonds. The van der Waals surface area contributed by atoms with E-state index in [1.165, 1.54) is 0 Å². The second-order valence-corrected chi connectivity index (χ2v) is 7.71. The first-order chi connectivity index (χ1) is 13.0. The number of hydrogen-bond acceptors (Lipinski definition) is 3. The van der Waals surface area contributed by atoms with Gasteiger partial charge >= 0.3 is 0 Å². The molecule has 0 spiro atoms. The van der Waals surface area contributed by atoms with Crippen molar-refractivity contribution in [3.8, 4) is 0 Å². The topological polar surface area (TPSA) is 26.6 Å². The van der Waals surface area contributed by atoms with Crippen LogP contribution in [0.4, 0.5) is 5.69 Å². The van der Waals surface area contributed by atoms with E-state index in [4.69, 9.17) is 23.2 Å². The summed E-state index contributed by atoms with van der Waals surface area (Å²) in [5, 5.41) is 0.883. The summed E-state index contributed by atoms with van der Waals surface area (Å²) in [4.78, 5) is 17.8. The largest absolute Gasteiger partial charge is 0.304 e. The molecule has 142 valence electrons. The molecule has 2 aromatic rings. The van der Waals surface area contributed by atoms with Gasteiger partial charge in [-0.25, -0.2) is 4.58 Å². The minimum Gasteiger partial charge on any atom is -0.304 e. The van der Waals surface area contributed by atoms with Gasteiger partial charge in [0.2, 0.25) is 11.5 Å². The van der Waals surface area contributed by atoms with Crippen molar-refractivity contribution in [1.29, 1.82) is 0 Å². The van der Waals surface area contributed by atoms with Crippen molar-refractivity contribution in [3.63, 3.8) is 0 Å². The molecule has 3 rings (SSSR count). The summed E-state index contributed by atoms with van der Waals surface area (Å²) < 4.78 is 2.02. The number of carbonyl (C=O) groups is 1. The number of nitrogens with zero attached hydrogens (tertiary/aromatic N) is 3. The number of ketones is 1. The first kappa shape index (κ1) is 20.0. The number of hydrogen-bond donors (Lipinski definition) is 0. The highest BCUT2D eigenvalue weighted by atomic mass is 35.5.